The molecule has 2 heterocycles. The minimum Gasteiger partial charge on any atom is -0.457 e. The molecular formula is C23H13Cl2N3O2. The first-order valence-corrected chi connectivity index (χ1v) is 9.63. The Kier molecular flexibility index (Phi) is 5.53. The average Bonchev–Trinajstić information content (AvgIpc) is 3.20. The summed E-state index contributed by atoms with van der Waals surface area (Å²) in [5.74, 6) is 0.305. The molecule has 2 aromatic carbocycles. The number of aromatic nitrogens is 1. The molecule has 0 radical (unpaired) electrons. The molecule has 0 bridgehead atoms. The fourth-order valence-electron chi connectivity index (χ4n) is 2.96. The van der Waals surface area contributed by atoms with E-state index in [4.69, 9.17) is 27.6 Å². The van der Waals surface area contributed by atoms with Gasteiger partial charge in [0.05, 0.1) is 16.2 Å². The van der Waals surface area contributed by atoms with Crippen LogP contribution in [0.3, 0.4) is 0 Å². The van der Waals surface area contributed by atoms with Gasteiger partial charge in [-0.1, -0.05) is 29.3 Å². The Morgan fingerprint density at radius 1 is 1.10 bits per heavy atom. The third kappa shape index (κ3) is 4.06. The van der Waals surface area contributed by atoms with E-state index in [1.54, 1.807) is 54.7 Å². The van der Waals surface area contributed by atoms with E-state index < -0.39 is 5.91 Å². The summed E-state index contributed by atoms with van der Waals surface area (Å²) < 4.78 is 5.75. The van der Waals surface area contributed by atoms with Crippen molar-refractivity contribution in [2.24, 2.45) is 0 Å². The smallest absolute Gasteiger partial charge is 0.266 e. The van der Waals surface area contributed by atoms with Gasteiger partial charge >= 0.3 is 0 Å². The van der Waals surface area contributed by atoms with E-state index >= 15 is 0 Å². The van der Waals surface area contributed by atoms with Crippen molar-refractivity contribution >= 4 is 51.8 Å². The number of nitrogens with zero attached hydrogens (tertiary/aromatic N) is 2. The van der Waals surface area contributed by atoms with Gasteiger partial charge in [0.2, 0.25) is 0 Å². The topological polar surface area (TPSA) is 78.9 Å². The summed E-state index contributed by atoms with van der Waals surface area (Å²) >= 11 is 12.1. The molecule has 30 heavy (non-hydrogen) atoms. The molecule has 0 saturated heterocycles. The van der Waals surface area contributed by atoms with Gasteiger partial charge in [0.1, 0.15) is 23.2 Å². The number of halogens is 2. The highest BCUT2D eigenvalue weighted by atomic mass is 35.5. The van der Waals surface area contributed by atoms with E-state index in [0.29, 0.717) is 32.8 Å². The standard InChI is InChI=1S/C23H13Cl2N3O2/c24-15-6-8-17(19(25)12-15)22-9-7-16(30-22)11-14(13-26)23(29)28-21-5-1-4-20-18(21)3-2-10-27-20/h1-12H,(H,28,29)/b14-11-. The first-order valence-electron chi connectivity index (χ1n) is 8.87. The van der Waals surface area contributed by atoms with Gasteiger partial charge < -0.3 is 9.73 Å². The van der Waals surface area contributed by atoms with Gasteiger partial charge in [-0.25, -0.2) is 0 Å². The molecule has 4 rings (SSSR count). The van der Waals surface area contributed by atoms with Crippen molar-refractivity contribution in [3.05, 3.63) is 88.2 Å². The Morgan fingerprint density at radius 3 is 2.77 bits per heavy atom. The summed E-state index contributed by atoms with van der Waals surface area (Å²) in [6.07, 6.45) is 3.06. The van der Waals surface area contributed by atoms with Crippen molar-refractivity contribution in [1.29, 1.82) is 5.26 Å². The van der Waals surface area contributed by atoms with Crippen LogP contribution in [0, 0.1) is 11.3 Å². The SMILES string of the molecule is N#C/C(=C/c1ccc(-c2ccc(Cl)cc2Cl)o1)C(=O)Nc1cccc2ncccc12. The summed E-state index contributed by atoms with van der Waals surface area (Å²) in [5.41, 5.74) is 1.87. The number of fused-ring (bicyclic) bond motifs is 1. The number of hydrogen-bond acceptors (Lipinski definition) is 4. The number of carbonyl (C=O) groups is 1. The van der Waals surface area contributed by atoms with Crippen LogP contribution >= 0.6 is 23.2 Å². The molecule has 5 nitrogen and oxygen atoms in total. The van der Waals surface area contributed by atoms with Crippen LogP contribution in [0.4, 0.5) is 5.69 Å². The number of hydrogen-bond donors (Lipinski definition) is 1. The van der Waals surface area contributed by atoms with E-state index in [1.165, 1.54) is 6.08 Å². The summed E-state index contributed by atoms with van der Waals surface area (Å²) in [6.45, 7) is 0. The molecule has 0 aliphatic heterocycles. The number of anilines is 1. The molecule has 0 atom stereocenters. The van der Waals surface area contributed by atoms with Crippen LogP contribution < -0.4 is 5.32 Å². The Balaban J connectivity index is 1.60. The number of carbonyl (C=O) groups excluding carboxylic acids is 1. The maximum Gasteiger partial charge on any atom is 0.266 e. The van der Waals surface area contributed by atoms with Crippen LogP contribution in [-0.4, -0.2) is 10.9 Å². The quantitative estimate of drug-likeness (QED) is 0.300. The largest absolute Gasteiger partial charge is 0.457 e. The zero-order chi connectivity index (χ0) is 21.1. The number of amides is 1. The maximum absolute atomic E-state index is 12.7. The van der Waals surface area contributed by atoms with Crippen molar-refractivity contribution in [1.82, 2.24) is 4.98 Å². The molecule has 0 spiro atoms. The predicted octanol–water partition coefficient (Wildman–Crippen LogP) is 6.35. The van der Waals surface area contributed by atoms with E-state index in [1.807, 2.05) is 18.2 Å². The van der Waals surface area contributed by atoms with E-state index in [2.05, 4.69) is 10.3 Å². The summed E-state index contributed by atoms with van der Waals surface area (Å²) in [7, 11) is 0. The van der Waals surface area contributed by atoms with Crippen LogP contribution in [0.1, 0.15) is 5.76 Å². The van der Waals surface area contributed by atoms with Gasteiger partial charge in [0.25, 0.3) is 5.91 Å². The minimum absolute atomic E-state index is 0.0982. The summed E-state index contributed by atoms with van der Waals surface area (Å²) in [5, 5.41) is 14.0. The molecule has 1 N–H and O–H groups in total. The second-order valence-corrected chi connectivity index (χ2v) is 7.17. The number of furan rings is 1. The van der Waals surface area contributed by atoms with Crippen LogP contribution in [0.2, 0.25) is 10.0 Å². The van der Waals surface area contributed by atoms with Crippen LogP contribution in [-0.2, 0) is 4.79 Å². The summed E-state index contributed by atoms with van der Waals surface area (Å²) in [4.78, 5) is 16.9. The van der Waals surface area contributed by atoms with Crippen molar-refractivity contribution in [2.75, 3.05) is 5.32 Å². The molecule has 0 aliphatic carbocycles. The lowest BCUT2D eigenvalue weighted by atomic mass is 10.1. The number of rotatable bonds is 4. The molecular weight excluding hydrogens is 421 g/mol. The molecule has 1 amide bonds. The van der Waals surface area contributed by atoms with Crippen molar-refractivity contribution in [3.63, 3.8) is 0 Å². The Hall–Kier alpha value is -3.59. The van der Waals surface area contributed by atoms with Gasteiger partial charge in [0.15, 0.2) is 0 Å². The first kappa shape index (κ1) is 19.7. The van der Waals surface area contributed by atoms with Gasteiger partial charge in [-0.3, -0.25) is 9.78 Å². The summed E-state index contributed by atoms with van der Waals surface area (Å²) in [6, 6.07) is 19.4. The van der Waals surface area contributed by atoms with Crippen LogP contribution in [0.5, 0.6) is 0 Å². The second kappa shape index (κ2) is 8.42. The number of nitriles is 1. The fourth-order valence-corrected chi connectivity index (χ4v) is 3.46. The number of benzene rings is 2. The maximum atomic E-state index is 12.7. The minimum atomic E-state index is -0.545. The van der Waals surface area contributed by atoms with Gasteiger partial charge in [-0.15, -0.1) is 0 Å². The number of pyridine rings is 1. The highest BCUT2D eigenvalue weighted by molar-refractivity contribution is 6.36. The normalized spacial score (nSPS) is 11.3. The highest BCUT2D eigenvalue weighted by Crippen LogP contribution is 2.32. The molecule has 0 saturated carbocycles. The fraction of sp³-hybridized carbons (Fsp3) is 0. The lowest BCUT2D eigenvalue weighted by Crippen LogP contribution is -2.13. The first-order chi connectivity index (χ1) is 14.5. The van der Waals surface area contributed by atoms with Crippen molar-refractivity contribution in [2.45, 2.75) is 0 Å². The van der Waals surface area contributed by atoms with Gasteiger partial charge in [-0.2, -0.15) is 5.26 Å². The van der Waals surface area contributed by atoms with E-state index in [0.717, 1.165) is 10.9 Å². The Labute approximate surface area is 182 Å². The second-order valence-electron chi connectivity index (χ2n) is 6.33. The van der Waals surface area contributed by atoms with Crippen molar-refractivity contribution < 1.29 is 9.21 Å². The molecule has 0 fully saturated rings. The monoisotopic (exact) mass is 433 g/mol. The van der Waals surface area contributed by atoms with E-state index in [-0.39, 0.29) is 5.57 Å². The lowest BCUT2D eigenvalue weighted by molar-refractivity contribution is -0.112. The molecule has 0 unspecified atom stereocenters. The predicted molar refractivity (Wildman–Crippen MR) is 118 cm³/mol. The molecule has 0 aliphatic rings. The molecule has 4 aromatic rings. The third-order valence-electron chi connectivity index (χ3n) is 4.37. The van der Waals surface area contributed by atoms with Gasteiger partial charge in [-0.05, 0) is 54.6 Å². The average molecular weight is 434 g/mol. The molecule has 2 aromatic heterocycles. The molecule has 7 heteroatoms. The van der Waals surface area contributed by atoms with Crippen molar-refractivity contribution in [3.8, 4) is 17.4 Å². The molecule has 146 valence electrons. The Morgan fingerprint density at radius 2 is 1.97 bits per heavy atom. The van der Waals surface area contributed by atoms with Crippen LogP contribution in [0.25, 0.3) is 28.3 Å². The zero-order valence-corrected chi connectivity index (χ0v) is 16.9. The third-order valence-corrected chi connectivity index (χ3v) is 4.92. The zero-order valence-electron chi connectivity index (χ0n) is 15.4. The Bertz CT molecular complexity index is 1330. The van der Waals surface area contributed by atoms with E-state index in [9.17, 15) is 10.1 Å². The van der Waals surface area contributed by atoms with Gasteiger partial charge in [0, 0.05) is 28.2 Å². The highest BCUT2D eigenvalue weighted by Gasteiger charge is 2.14. The lowest BCUT2D eigenvalue weighted by Gasteiger charge is -2.07. The van der Waals surface area contributed by atoms with Crippen LogP contribution in [0.15, 0.2) is 76.9 Å². The number of nitrogens with one attached hydrogen (secondary N) is 1.